The Hall–Kier alpha value is -3.94. The molecular formula is C23H23N3O5. The van der Waals surface area contributed by atoms with Crippen LogP contribution in [0.3, 0.4) is 0 Å². The number of hydrogen-bond donors (Lipinski definition) is 1. The van der Waals surface area contributed by atoms with E-state index in [-0.39, 0.29) is 12.0 Å². The number of aromatic nitrogens is 2. The lowest BCUT2D eigenvalue weighted by Gasteiger charge is -2.26. The van der Waals surface area contributed by atoms with Crippen molar-refractivity contribution in [3.8, 4) is 23.0 Å². The molecule has 1 atom stereocenters. The lowest BCUT2D eigenvalue weighted by molar-refractivity contribution is -0.111. The smallest absolute Gasteiger partial charge is 0.248 e. The van der Waals surface area contributed by atoms with Gasteiger partial charge in [-0.2, -0.15) is 5.10 Å². The minimum absolute atomic E-state index is 0.164. The van der Waals surface area contributed by atoms with Gasteiger partial charge in [-0.15, -0.1) is 0 Å². The van der Waals surface area contributed by atoms with Crippen LogP contribution in [0.5, 0.6) is 23.0 Å². The third kappa shape index (κ3) is 4.98. The molecule has 0 saturated heterocycles. The molecule has 1 amide bonds. The molecule has 1 unspecified atom stereocenters. The molecular weight excluding hydrogens is 398 g/mol. The predicted molar refractivity (Wildman–Crippen MR) is 116 cm³/mol. The summed E-state index contributed by atoms with van der Waals surface area (Å²) < 4.78 is 23.9. The summed E-state index contributed by atoms with van der Waals surface area (Å²) in [5.74, 6) is 2.43. The Morgan fingerprint density at radius 1 is 1.19 bits per heavy atom. The highest BCUT2D eigenvalue weighted by Gasteiger charge is 2.21. The number of carbonyl (C=O) groups excluding carboxylic acids is 1. The Morgan fingerprint density at radius 3 is 2.81 bits per heavy atom. The van der Waals surface area contributed by atoms with Gasteiger partial charge in [0.2, 0.25) is 5.91 Å². The van der Waals surface area contributed by atoms with Gasteiger partial charge < -0.3 is 24.3 Å². The lowest BCUT2D eigenvalue weighted by Crippen LogP contribution is -2.33. The van der Waals surface area contributed by atoms with E-state index in [2.05, 4.69) is 10.4 Å². The first-order valence-electron chi connectivity index (χ1n) is 9.76. The molecule has 1 aliphatic rings. The van der Waals surface area contributed by atoms with Crippen molar-refractivity contribution in [2.24, 2.45) is 0 Å². The summed E-state index contributed by atoms with van der Waals surface area (Å²) in [4.78, 5) is 12.3. The van der Waals surface area contributed by atoms with Crippen LogP contribution in [-0.4, -0.2) is 42.6 Å². The van der Waals surface area contributed by atoms with Crippen molar-refractivity contribution in [2.45, 2.75) is 12.6 Å². The Balaban J connectivity index is 1.32. The Kier molecular flexibility index (Phi) is 6.07. The summed E-state index contributed by atoms with van der Waals surface area (Å²) in [6.45, 7) is 0.943. The van der Waals surface area contributed by atoms with E-state index in [9.17, 15) is 4.79 Å². The zero-order chi connectivity index (χ0) is 21.6. The number of anilines is 1. The second-order valence-corrected chi connectivity index (χ2v) is 6.89. The predicted octanol–water partition coefficient (Wildman–Crippen LogP) is 3.39. The first kappa shape index (κ1) is 20.3. The largest absolute Gasteiger partial charge is 0.493 e. The number of para-hydroxylation sites is 2. The first-order valence-corrected chi connectivity index (χ1v) is 9.76. The number of carbonyl (C=O) groups is 1. The normalized spacial score (nSPS) is 15.0. The Bertz CT molecular complexity index is 1090. The third-order valence-corrected chi connectivity index (χ3v) is 4.69. The standard InChI is InChI=1S/C23H23N3O5/c1-28-19-9-7-16(11-22(19)29-2)8-10-23(27)25-17-12-24-26(13-17)14-18-15-30-20-5-3-4-6-21(20)31-18/h3-13,18H,14-15H2,1-2H3,(H,25,27)/b10-8+. The molecule has 0 aliphatic carbocycles. The zero-order valence-corrected chi connectivity index (χ0v) is 17.3. The Morgan fingerprint density at radius 2 is 2.00 bits per heavy atom. The van der Waals surface area contributed by atoms with Gasteiger partial charge in [-0.1, -0.05) is 18.2 Å². The summed E-state index contributed by atoms with van der Waals surface area (Å²) >= 11 is 0. The highest BCUT2D eigenvalue weighted by atomic mass is 16.6. The molecule has 1 N–H and O–H groups in total. The highest BCUT2D eigenvalue weighted by Crippen LogP contribution is 2.31. The molecule has 1 aliphatic heterocycles. The van der Waals surface area contributed by atoms with Gasteiger partial charge in [-0.3, -0.25) is 9.48 Å². The van der Waals surface area contributed by atoms with Crippen LogP contribution in [0.15, 0.2) is 60.9 Å². The summed E-state index contributed by atoms with van der Waals surface area (Å²) in [6.07, 6.45) is 6.34. The molecule has 0 spiro atoms. The topological polar surface area (TPSA) is 83.8 Å². The van der Waals surface area contributed by atoms with Crippen molar-refractivity contribution in [3.05, 3.63) is 66.5 Å². The highest BCUT2D eigenvalue weighted by molar-refractivity contribution is 6.01. The van der Waals surface area contributed by atoms with Gasteiger partial charge in [-0.05, 0) is 35.9 Å². The van der Waals surface area contributed by atoms with E-state index < -0.39 is 0 Å². The van der Waals surface area contributed by atoms with Crippen LogP contribution < -0.4 is 24.3 Å². The van der Waals surface area contributed by atoms with E-state index in [1.165, 1.54) is 6.08 Å². The van der Waals surface area contributed by atoms with Crippen LogP contribution in [0.25, 0.3) is 6.08 Å². The van der Waals surface area contributed by atoms with Gasteiger partial charge in [0.05, 0.1) is 32.6 Å². The number of benzene rings is 2. The number of rotatable bonds is 7. The van der Waals surface area contributed by atoms with Crippen molar-refractivity contribution in [3.63, 3.8) is 0 Å². The van der Waals surface area contributed by atoms with Crippen molar-refractivity contribution < 1.29 is 23.7 Å². The van der Waals surface area contributed by atoms with Crippen LogP contribution in [-0.2, 0) is 11.3 Å². The van der Waals surface area contributed by atoms with Gasteiger partial charge in [0, 0.05) is 12.3 Å². The number of fused-ring (bicyclic) bond motifs is 1. The van der Waals surface area contributed by atoms with Crippen LogP contribution >= 0.6 is 0 Å². The van der Waals surface area contributed by atoms with Crippen LogP contribution in [0.4, 0.5) is 5.69 Å². The fourth-order valence-corrected chi connectivity index (χ4v) is 3.20. The van der Waals surface area contributed by atoms with Crippen molar-refractivity contribution in [1.29, 1.82) is 0 Å². The molecule has 1 aromatic heterocycles. The molecule has 31 heavy (non-hydrogen) atoms. The van der Waals surface area contributed by atoms with Crippen molar-refractivity contribution in [2.75, 3.05) is 26.1 Å². The monoisotopic (exact) mass is 421 g/mol. The number of amides is 1. The summed E-state index contributed by atoms with van der Waals surface area (Å²) in [5.41, 5.74) is 1.41. The molecule has 0 bridgehead atoms. The summed E-state index contributed by atoms with van der Waals surface area (Å²) in [6, 6.07) is 13.0. The van der Waals surface area contributed by atoms with Crippen molar-refractivity contribution in [1.82, 2.24) is 9.78 Å². The summed E-state index contributed by atoms with van der Waals surface area (Å²) in [7, 11) is 3.15. The first-order chi connectivity index (χ1) is 15.1. The molecule has 3 aromatic rings. The van der Waals surface area contributed by atoms with E-state index in [4.69, 9.17) is 18.9 Å². The summed E-state index contributed by atoms with van der Waals surface area (Å²) in [5, 5.41) is 7.09. The van der Waals surface area contributed by atoms with Gasteiger partial charge in [0.1, 0.15) is 6.61 Å². The molecule has 0 radical (unpaired) electrons. The minimum Gasteiger partial charge on any atom is -0.493 e. The van der Waals surface area contributed by atoms with Crippen LogP contribution in [0.2, 0.25) is 0 Å². The number of hydrogen-bond acceptors (Lipinski definition) is 6. The molecule has 8 nitrogen and oxygen atoms in total. The fraction of sp³-hybridized carbons (Fsp3) is 0.217. The average Bonchev–Trinajstić information content (AvgIpc) is 3.23. The maximum Gasteiger partial charge on any atom is 0.248 e. The van der Waals surface area contributed by atoms with Crippen LogP contribution in [0.1, 0.15) is 5.56 Å². The number of nitrogens with zero attached hydrogens (tertiary/aromatic N) is 2. The van der Waals surface area contributed by atoms with Gasteiger partial charge in [-0.25, -0.2) is 0 Å². The second-order valence-electron chi connectivity index (χ2n) is 6.89. The molecule has 2 heterocycles. The second kappa shape index (κ2) is 9.25. The average molecular weight is 421 g/mol. The number of ether oxygens (including phenoxy) is 4. The fourth-order valence-electron chi connectivity index (χ4n) is 3.20. The Labute approximate surface area is 180 Å². The number of nitrogens with one attached hydrogen (secondary N) is 1. The van der Waals surface area contributed by atoms with E-state index in [1.807, 2.05) is 30.3 Å². The van der Waals surface area contributed by atoms with Crippen LogP contribution in [0, 0.1) is 0 Å². The molecule has 2 aromatic carbocycles. The lowest BCUT2D eigenvalue weighted by atomic mass is 10.2. The van der Waals surface area contributed by atoms with E-state index in [0.717, 1.165) is 17.1 Å². The zero-order valence-electron chi connectivity index (χ0n) is 17.3. The maximum absolute atomic E-state index is 12.3. The third-order valence-electron chi connectivity index (χ3n) is 4.69. The SMILES string of the molecule is COc1ccc(/C=C/C(=O)Nc2cnn(CC3COc4ccccc4O3)c2)cc1OC. The molecule has 0 saturated carbocycles. The van der Waals surface area contributed by atoms with Gasteiger partial charge in [0.15, 0.2) is 29.1 Å². The van der Waals surface area contributed by atoms with Gasteiger partial charge >= 0.3 is 0 Å². The molecule has 160 valence electrons. The van der Waals surface area contributed by atoms with E-state index in [0.29, 0.717) is 30.3 Å². The quantitative estimate of drug-likeness (QED) is 0.589. The number of methoxy groups -OCH3 is 2. The molecule has 0 fully saturated rings. The maximum atomic E-state index is 12.3. The van der Waals surface area contributed by atoms with Crippen molar-refractivity contribution >= 4 is 17.7 Å². The molecule has 4 rings (SSSR count). The van der Waals surface area contributed by atoms with E-state index in [1.54, 1.807) is 49.5 Å². The molecule has 8 heteroatoms. The van der Waals surface area contributed by atoms with E-state index >= 15 is 0 Å². The minimum atomic E-state index is -0.263. The van der Waals surface area contributed by atoms with Gasteiger partial charge in [0.25, 0.3) is 0 Å².